The Morgan fingerprint density at radius 2 is 1.76 bits per heavy atom. The third-order valence-electron chi connectivity index (χ3n) is 9.07. The Balaban J connectivity index is 1.26. The fraction of sp³-hybridized carbons (Fsp3) is 0.485. The second-order valence-corrected chi connectivity index (χ2v) is 11.8. The van der Waals surface area contributed by atoms with Crippen molar-refractivity contribution in [2.24, 2.45) is 11.8 Å². The first kappa shape index (κ1) is 27.5. The molecule has 0 unspecified atom stereocenters. The van der Waals surface area contributed by atoms with E-state index in [9.17, 15) is 14.4 Å². The molecule has 2 aromatic rings. The lowest BCUT2D eigenvalue weighted by Crippen LogP contribution is -2.56. The first-order chi connectivity index (χ1) is 19.9. The summed E-state index contributed by atoms with van der Waals surface area (Å²) in [6.45, 7) is 4.89. The molecule has 8 heteroatoms. The fourth-order valence-electron chi connectivity index (χ4n) is 7.07. The largest absolute Gasteiger partial charge is 0.494 e. The lowest BCUT2D eigenvalue weighted by atomic mass is 9.74. The Hall–Kier alpha value is -3.65. The van der Waals surface area contributed by atoms with E-state index in [1.807, 2.05) is 26.0 Å². The van der Waals surface area contributed by atoms with Crippen LogP contribution in [0.1, 0.15) is 50.2 Å². The molecule has 2 N–H and O–H groups in total. The minimum absolute atomic E-state index is 0.0992. The highest BCUT2D eigenvalue weighted by Crippen LogP contribution is 2.55. The molecule has 3 heterocycles. The number of benzene rings is 2. The van der Waals surface area contributed by atoms with Crippen LogP contribution in [0.3, 0.4) is 0 Å². The molecule has 2 aromatic carbocycles. The normalized spacial score (nSPS) is 28.5. The second kappa shape index (κ2) is 11.3. The number of aryl methyl sites for hydroxylation is 1. The van der Waals surface area contributed by atoms with E-state index in [0.717, 1.165) is 37.0 Å². The quantitative estimate of drug-likeness (QED) is 0.451. The van der Waals surface area contributed by atoms with Crippen LogP contribution in [-0.4, -0.2) is 59.6 Å². The van der Waals surface area contributed by atoms with Crippen molar-refractivity contribution in [3.63, 3.8) is 0 Å². The van der Waals surface area contributed by atoms with Crippen LogP contribution in [0.5, 0.6) is 5.75 Å². The zero-order valence-electron chi connectivity index (χ0n) is 23.8. The van der Waals surface area contributed by atoms with Gasteiger partial charge in [0, 0.05) is 18.3 Å². The minimum Gasteiger partial charge on any atom is -0.494 e. The molecule has 216 valence electrons. The van der Waals surface area contributed by atoms with Crippen molar-refractivity contribution >= 4 is 23.4 Å². The molecule has 1 saturated carbocycles. The highest BCUT2D eigenvalue weighted by Gasteiger charge is 2.72. The van der Waals surface area contributed by atoms with E-state index in [4.69, 9.17) is 9.47 Å². The zero-order chi connectivity index (χ0) is 28.6. The number of amides is 3. The van der Waals surface area contributed by atoms with Crippen LogP contribution in [-0.2, 0) is 25.5 Å². The molecular formula is C33H39N3O5. The lowest BCUT2D eigenvalue weighted by Gasteiger charge is -2.34. The van der Waals surface area contributed by atoms with Crippen molar-refractivity contribution < 1.29 is 23.9 Å². The van der Waals surface area contributed by atoms with Crippen LogP contribution in [0.2, 0.25) is 0 Å². The van der Waals surface area contributed by atoms with Gasteiger partial charge in [-0.05, 0) is 62.9 Å². The average Bonchev–Trinajstić information content (AvgIpc) is 3.62. The first-order valence-corrected chi connectivity index (χ1v) is 15.0. The number of nitrogens with one attached hydrogen (secondary N) is 2. The molecule has 1 spiro atoms. The molecule has 41 heavy (non-hydrogen) atoms. The van der Waals surface area contributed by atoms with E-state index in [0.29, 0.717) is 25.3 Å². The first-order valence-electron chi connectivity index (χ1n) is 15.0. The zero-order valence-corrected chi connectivity index (χ0v) is 23.8. The average molecular weight is 558 g/mol. The van der Waals surface area contributed by atoms with E-state index in [1.165, 1.54) is 12.0 Å². The number of carbonyl (C=O) groups is 3. The van der Waals surface area contributed by atoms with Crippen molar-refractivity contribution in [2.45, 2.75) is 76.2 Å². The van der Waals surface area contributed by atoms with Crippen molar-refractivity contribution in [1.29, 1.82) is 0 Å². The van der Waals surface area contributed by atoms with Crippen LogP contribution in [0.4, 0.5) is 5.69 Å². The molecule has 5 atom stereocenters. The van der Waals surface area contributed by atoms with E-state index in [1.54, 1.807) is 29.2 Å². The fourth-order valence-corrected chi connectivity index (χ4v) is 7.07. The van der Waals surface area contributed by atoms with Crippen molar-refractivity contribution in [3.8, 4) is 5.75 Å². The summed E-state index contributed by atoms with van der Waals surface area (Å²) in [6, 6.07) is 14.7. The van der Waals surface area contributed by atoms with Gasteiger partial charge < -0.3 is 25.0 Å². The maximum absolute atomic E-state index is 14.2. The van der Waals surface area contributed by atoms with Gasteiger partial charge in [-0.15, -0.1) is 0 Å². The number of ether oxygens (including phenoxy) is 2. The van der Waals surface area contributed by atoms with E-state index in [2.05, 4.69) is 34.9 Å². The summed E-state index contributed by atoms with van der Waals surface area (Å²) in [7, 11) is 0. The third-order valence-corrected chi connectivity index (χ3v) is 9.07. The van der Waals surface area contributed by atoms with Crippen molar-refractivity contribution in [1.82, 2.24) is 10.2 Å². The SMILES string of the molecule is CCOc1ccc(NC(=O)[C@H]2[C@H]3C=C[C@]4(O3)[C@H](C(=O)NC3CCCCC3)N(CCc3ccc(C)cc3)C(=O)[C@@H]24)cc1. The maximum atomic E-state index is 14.2. The molecule has 4 aliphatic rings. The maximum Gasteiger partial charge on any atom is 0.246 e. The highest BCUT2D eigenvalue weighted by atomic mass is 16.5. The number of carbonyl (C=O) groups excluding carboxylic acids is 3. The summed E-state index contributed by atoms with van der Waals surface area (Å²) in [5.74, 6) is -1.43. The number of hydrogen-bond donors (Lipinski definition) is 2. The molecule has 6 rings (SSSR count). The van der Waals surface area contributed by atoms with Crippen LogP contribution in [0.25, 0.3) is 0 Å². The molecule has 0 radical (unpaired) electrons. The molecule has 3 aliphatic heterocycles. The summed E-state index contributed by atoms with van der Waals surface area (Å²) in [5, 5.41) is 6.22. The molecule has 2 bridgehead atoms. The Bertz CT molecular complexity index is 1320. The molecular weight excluding hydrogens is 518 g/mol. The lowest BCUT2D eigenvalue weighted by molar-refractivity contribution is -0.141. The topological polar surface area (TPSA) is 97.0 Å². The number of hydrogen-bond acceptors (Lipinski definition) is 5. The molecule has 1 aliphatic carbocycles. The van der Waals surface area contributed by atoms with Gasteiger partial charge in [-0.3, -0.25) is 14.4 Å². The van der Waals surface area contributed by atoms with E-state index in [-0.39, 0.29) is 23.8 Å². The number of anilines is 1. The minimum atomic E-state index is -1.16. The summed E-state index contributed by atoms with van der Waals surface area (Å²) >= 11 is 0. The van der Waals surface area contributed by atoms with Crippen LogP contribution >= 0.6 is 0 Å². The Labute approximate surface area is 241 Å². The van der Waals surface area contributed by atoms with E-state index >= 15 is 0 Å². The van der Waals surface area contributed by atoms with E-state index < -0.39 is 29.6 Å². The Morgan fingerprint density at radius 3 is 2.46 bits per heavy atom. The number of nitrogens with zero attached hydrogens (tertiary/aromatic N) is 1. The summed E-state index contributed by atoms with van der Waals surface area (Å²) in [5.41, 5.74) is 1.72. The number of likely N-dealkylation sites (tertiary alicyclic amines) is 1. The van der Waals surface area contributed by atoms with Crippen molar-refractivity contribution in [2.75, 3.05) is 18.5 Å². The third kappa shape index (κ3) is 5.14. The summed E-state index contributed by atoms with van der Waals surface area (Å²) in [6.07, 6.45) is 9.03. The molecule has 8 nitrogen and oxygen atoms in total. The molecule has 3 amide bonds. The summed E-state index contributed by atoms with van der Waals surface area (Å²) < 4.78 is 12.0. The van der Waals surface area contributed by atoms with Gasteiger partial charge in [0.15, 0.2) is 0 Å². The second-order valence-electron chi connectivity index (χ2n) is 11.8. The van der Waals surface area contributed by atoms with Gasteiger partial charge >= 0.3 is 0 Å². The predicted octanol–water partition coefficient (Wildman–Crippen LogP) is 4.17. The van der Waals surface area contributed by atoms with Crippen LogP contribution < -0.4 is 15.4 Å². The Kier molecular flexibility index (Phi) is 7.60. The monoisotopic (exact) mass is 557 g/mol. The highest BCUT2D eigenvalue weighted by molar-refractivity contribution is 6.02. The number of fused-ring (bicyclic) bond motifs is 1. The standard InChI is InChI=1S/C33H39N3O5/c1-3-40-25-15-13-24(14-16-25)34-30(37)27-26-17-19-33(41-26)28(27)32(39)36(20-18-22-11-9-21(2)10-12-22)29(33)31(38)35-23-7-5-4-6-8-23/h9-17,19,23,26-29H,3-8,18,20H2,1-2H3,(H,34,37)(H,35,38)/t26-,27+,28-,29+,33-/m1/s1. The molecule has 3 fully saturated rings. The molecule has 0 aromatic heterocycles. The van der Waals surface area contributed by atoms with Gasteiger partial charge in [0.2, 0.25) is 17.7 Å². The van der Waals surface area contributed by atoms with Gasteiger partial charge in [0.1, 0.15) is 17.4 Å². The van der Waals surface area contributed by atoms with Gasteiger partial charge in [0.05, 0.1) is 24.5 Å². The summed E-state index contributed by atoms with van der Waals surface area (Å²) in [4.78, 5) is 43.5. The van der Waals surface area contributed by atoms with Gasteiger partial charge in [-0.2, -0.15) is 0 Å². The van der Waals surface area contributed by atoms with Gasteiger partial charge in [0.25, 0.3) is 0 Å². The smallest absolute Gasteiger partial charge is 0.246 e. The predicted molar refractivity (Wildman–Crippen MR) is 155 cm³/mol. The van der Waals surface area contributed by atoms with Crippen LogP contribution in [0, 0.1) is 18.8 Å². The molecule has 2 saturated heterocycles. The van der Waals surface area contributed by atoms with Gasteiger partial charge in [-0.25, -0.2) is 0 Å². The Morgan fingerprint density at radius 1 is 1.02 bits per heavy atom. The van der Waals surface area contributed by atoms with Gasteiger partial charge in [-0.1, -0.05) is 61.2 Å². The van der Waals surface area contributed by atoms with Crippen molar-refractivity contribution in [3.05, 3.63) is 71.8 Å². The van der Waals surface area contributed by atoms with Crippen LogP contribution in [0.15, 0.2) is 60.7 Å². The number of rotatable bonds is 9.